The Labute approximate surface area is 283 Å². The summed E-state index contributed by atoms with van der Waals surface area (Å²) in [4.78, 5) is 27.3. The number of ether oxygens (including phenoxy) is 1. The fourth-order valence-electron chi connectivity index (χ4n) is 5.71. The predicted octanol–water partition coefficient (Wildman–Crippen LogP) is 5.59. The van der Waals surface area contributed by atoms with E-state index in [1.54, 1.807) is 31.2 Å². The molecule has 0 aliphatic carbocycles. The molecular weight excluding hydrogens is 636 g/mol. The fraction of sp³-hybridized carbons (Fsp3) is 0.459. The van der Waals surface area contributed by atoms with E-state index in [1.807, 2.05) is 32.0 Å². The molecule has 1 amide bonds. The van der Waals surface area contributed by atoms with Gasteiger partial charge in [-0.1, -0.05) is 76.1 Å². The average Bonchev–Trinajstić information content (AvgIpc) is 3.03. The third kappa shape index (κ3) is 11.8. The monoisotopic (exact) mass is 685 g/mol. The Morgan fingerprint density at radius 3 is 2.15 bits per heavy atom. The summed E-state index contributed by atoms with van der Waals surface area (Å²) >= 11 is 0. The molecule has 11 heteroatoms. The van der Waals surface area contributed by atoms with Crippen molar-refractivity contribution in [1.29, 1.82) is 0 Å². The molecule has 0 aliphatic heterocycles. The molecule has 0 unspecified atom stereocenters. The number of carbonyl (C=O) groups is 2. The molecular formula is C37H49F2N3O5S. The lowest BCUT2D eigenvalue weighted by molar-refractivity contribution is -0.151. The highest BCUT2D eigenvalue weighted by Crippen LogP contribution is 2.19. The van der Waals surface area contributed by atoms with Crippen LogP contribution in [0.5, 0.6) is 0 Å². The molecule has 4 N–H and O–H groups in total. The molecule has 0 heterocycles. The molecule has 0 saturated carbocycles. The number of benzene rings is 3. The average molecular weight is 686 g/mol. The standard InChI is InChI=1S/C37H49F2N3O5S/c1-5-11-31(12-6-2)48(45,46)24-34(42-36(43)32-16-9-8-13-25(32)4)37(44)47-35(23-41-22-27-15-10-14-26(7-3)17-27)33(40)20-28-18-29(38)21-30(39)19-28/h8-10,13-19,21,31,33-35,41H,5-7,11-12,20,22-24,40H2,1-4H3,(H,42,43)/t33-,34-,35+/m0/s1. The summed E-state index contributed by atoms with van der Waals surface area (Å²) < 4.78 is 61.2. The Bertz CT molecular complexity index is 1590. The summed E-state index contributed by atoms with van der Waals surface area (Å²) in [6, 6.07) is 15.4. The number of sulfone groups is 1. The van der Waals surface area contributed by atoms with Gasteiger partial charge in [0.15, 0.2) is 9.84 Å². The molecule has 262 valence electrons. The molecule has 0 radical (unpaired) electrons. The highest BCUT2D eigenvalue weighted by Gasteiger charge is 2.35. The summed E-state index contributed by atoms with van der Waals surface area (Å²) in [6.07, 6.45) is 1.90. The van der Waals surface area contributed by atoms with Crippen LogP contribution in [0.2, 0.25) is 0 Å². The summed E-state index contributed by atoms with van der Waals surface area (Å²) in [5.74, 6) is -3.76. The first-order valence-corrected chi connectivity index (χ1v) is 18.4. The van der Waals surface area contributed by atoms with Crippen molar-refractivity contribution < 1.29 is 31.5 Å². The molecule has 0 aromatic heterocycles. The lowest BCUT2D eigenvalue weighted by atomic mass is 10.0. The van der Waals surface area contributed by atoms with Crippen molar-refractivity contribution in [3.05, 3.63) is 106 Å². The number of rotatable bonds is 19. The molecule has 0 fully saturated rings. The number of nitrogens with two attached hydrogens (primary N) is 1. The Morgan fingerprint density at radius 2 is 1.52 bits per heavy atom. The number of nitrogens with one attached hydrogen (secondary N) is 2. The normalized spacial score (nSPS) is 13.6. The van der Waals surface area contributed by atoms with Gasteiger partial charge >= 0.3 is 5.97 Å². The molecule has 0 bridgehead atoms. The van der Waals surface area contributed by atoms with Crippen LogP contribution in [0.1, 0.15) is 79.1 Å². The molecule has 3 atom stereocenters. The van der Waals surface area contributed by atoms with Crippen LogP contribution < -0.4 is 16.4 Å². The zero-order valence-corrected chi connectivity index (χ0v) is 29.1. The van der Waals surface area contributed by atoms with E-state index < -0.39 is 62.5 Å². The number of amides is 1. The summed E-state index contributed by atoms with van der Waals surface area (Å²) in [5.41, 5.74) is 9.88. The zero-order valence-electron chi connectivity index (χ0n) is 28.3. The van der Waals surface area contributed by atoms with Gasteiger partial charge < -0.3 is 21.1 Å². The van der Waals surface area contributed by atoms with Crippen LogP contribution in [0.15, 0.2) is 66.7 Å². The molecule has 3 aromatic rings. The quantitative estimate of drug-likeness (QED) is 0.141. The number of hydrogen-bond acceptors (Lipinski definition) is 7. The van der Waals surface area contributed by atoms with Crippen LogP contribution in [0, 0.1) is 18.6 Å². The zero-order chi connectivity index (χ0) is 35.3. The first-order chi connectivity index (χ1) is 22.9. The fourth-order valence-corrected chi connectivity index (χ4v) is 7.86. The van der Waals surface area contributed by atoms with E-state index in [1.165, 1.54) is 0 Å². The number of halogens is 2. The van der Waals surface area contributed by atoms with Crippen LogP contribution in [0.4, 0.5) is 8.78 Å². The van der Waals surface area contributed by atoms with E-state index in [0.717, 1.165) is 35.7 Å². The molecule has 0 aliphatic rings. The van der Waals surface area contributed by atoms with E-state index in [0.29, 0.717) is 43.4 Å². The van der Waals surface area contributed by atoms with E-state index in [2.05, 4.69) is 23.6 Å². The minimum atomic E-state index is -3.85. The third-order valence-electron chi connectivity index (χ3n) is 8.32. The van der Waals surface area contributed by atoms with Crippen molar-refractivity contribution in [1.82, 2.24) is 10.6 Å². The van der Waals surface area contributed by atoms with Crippen molar-refractivity contribution in [3.63, 3.8) is 0 Å². The van der Waals surface area contributed by atoms with Crippen molar-refractivity contribution >= 4 is 21.7 Å². The lowest BCUT2D eigenvalue weighted by Crippen LogP contribution is -2.52. The highest BCUT2D eigenvalue weighted by molar-refractivity contribution is 7.92. The minimum Gasteiger partial charge on any atom is -0.458 e. The number of esters is 1. The van der Waals surface area contributed by atoms with Crippen molar-refractivity contribution in [2.24, 2.45) is 5.73 Å². The smallest absolute Gasteiger partial charge is 0.330 e. The van der Waals surface area contributed by atoms with E-state index in [9.17, 15) is 26.8 Å². The van der Waals surface area contributed by atoms with E-state index >= 15 is 0 Å². The maximum Gasteiger partial charge on any atom is 0.330 e. The Kier molecular flexibility index (Phi) is 15.2. The van der Waals surface area contributed by atoms with Crippen LogP contribution in [0.25, 0.3) is 0 Å². The van der Waals surface area contributed by atoms with Crippen molar-refractivity contribution in [2.75, 3.05) is 12.3 Å². The van der Waals surface area contributed by atoms with Crippen LogP contribution >= 0.6 is 0 Å². The van der Waals surface area contributed by atoms with E-state index in [4.69, 9.17) is 10.5 Å². The maximum absolute atomic E-state index is 14.0. The minimum absolute atomic E-state index is 0.0345. The molecule has 48 heavy (non-hydrogen) atoms. The molecule has 3 rings (SSSR count). The summed E-state index contributed by atoms with van der Waals surface area (Å²) in [5, 5.41) is 5.19. The summed E-state index contributed by atoms with van der Waals surface area (Å²) in [6.45, 7) is 8.06. The topological polar surface area (TPSA) is 128 Å². The summed E-state index contributed by atoms with van der Waals surface area (Å²) in [7, 11) is -3.85. The SMILES string of the molecule is CCCC(CCC)S(=O)(=O)C[C@H](NC(=O)c1ccccc1C)C(=O)O[C@H](CNCc1cccc(CC)c1)[C@@H](N)Cc1cc(F)cc(F)c1. The highest BCUT2D eigenvalue weighted by atomic mass is 32.2. The van der Waals surface area contributed by atoms with Gasteiger partial charge in [0.05, 0.1) is 11.0 Å². The predicted molar refractivity (Wildman–Crippen MR) is 185 cm³/mol. The van der Waals surface area contributed by atoms with Gasteiger partial charge in [-0.05, 0) is 73.1 Å². The van der Waals surface area contributed by atoms with Crippen LogP contribution in [-0.2, 0) is 38.8 Å². The van der Waals surface area contributed by atoms with Crippen molar-refractivity contribution in [2.45, 2.75) is 96.2 Å². The maximum atomic E-state index is 14.0. The van der Waals surface area contributed by atoms with Gasteiger partial charge in [-0.15, -0.1) is 0 Å². The second kappa shape index (κ2) is 18.8. The van der Waals surface area contributed by atoms with Gasteiger partial charge in [-0.3, -0.25) is 4.79 Å². The first kappa shape index (κ1) is 38.8. The Morgan fingerprint density at radius 1 is 0.875 bits per heavy atom. The Hall–Kier alpha value is -3.67. The van der Waals surface area contributed by atoms with Gasteiger partial charge in [-0.25, -0.2) is 22.0 Å². The molecule has 3 aromatic carbocycles. The number of aryl methyl sites for hydroxylation is 2. The second-order valence-corrected chi connectivity index (χ2v) is 14.6. The van der Waals surface area contributed by atoms with Crippen LogP contribution in [-0.4, -0.2) is 56.0 Å². The van der Waals surface area contributed by atoms with Gasteiger partial charge in [-0.2, -0.15) is 0 Å². The van der Waals surface area contributed by atoms with Gasteiger partial charge in [0.2, 0.25) is 0 Å². The molecule has 0 spiro atoms. The van der Waals surface area contributed by atoms with Gasteiger partial charge in [0.25, 0.3) is 5.91 Å². The van der Waals surface area contributed by atoms with Gasteiger partial charge in [0.1, 0.15) is 23.8 Å². The van der Waals surface area contributed by atoms with Crippen LogP contribution in [0.3, 0.4) is 0 Å². The number of hydrogen-bond donors (Lipinski definition) is 3. The Balaban J connectivity index is 1.91. The van der Waals surface area contributed by atoms with Gasteiger partial charge in [0, 0.05) is 30.8 Å². The third-order valence-corrected chi connectivity index (χ3v) is 10.6. The first-order valence-electron chi connectivity index (χ1n) is 16.6. The second-order valence-electron chi connectivity index (χ2n) is 12.3. The largest absolute Gasteiger partial charge is 0.458 e. The molecule has 0 saturated heterocycles. The lowest BCUT2D eigenvalue weighted by Gasteiger charge is -2.28. The number of carbonyl (C=O) groups excluding carboxylic acids is 2. The molecule has 8 nitrogen and oxygen atoms in total. The van der Waals surface area contributed by atoms with E-state index in [-0.39, 0.29) is 18.5 Å². The van der Waals surface area contributed by atoms with Crippen molar-refractivity contribution in [3.8, 4) is 0 Å².